The number of piperidine rings is 1. The van der Waals surface area contributed by atoms with Gasteiger partial charge in [0.15, 0.2) is 0 Å². The zero-order chi connectivity index (χ0) is 21.1. The number of aromatic nitrogens is 2. The zero-order valence-corrected chi connectivity index (χ0v) is 17.6. The van der Waals surface area contributed by atoms with Crippen LogP contribution in [-0.4, -0.2) is 28.1 Å². The van der Waals surface area contributed by atoms with E-state index in [1.807, 2.05) is 4.90 Å². The molecule has 3 rings (SSSR count). The van der Waals surface area contributed by atoms with Crippen molar-refractivity contribution in [2.24, 2.45) is 20.0 Å². The van der Waals surface area contributed by atoms with Gasteiger partial charge in [0.05, 0.1) is 5.92 Å². The SMILES string of the molecule is CC(C)c1ccc(CNC(=O)[C@@H]2CCCN(c3cc(=O)n(C)c(=O)n3C)C2)cc1. The van der Waals surface area contributed by atoms with Crippen LogP contribution in [0, 0.1) is 5.92 Å². The van der Waals surface area contributed by atoms with Crippen LogP contribution in [0.4, 0.5) is 5.82 Å². The molecule has 0 spiro atoms. The zero-order valence-electron chi connectivity index (χ0n) is 17.6. The van der Waals surface area contributed by atoms with E-state index in [0.717, 1.165) is 29.5 Å². The summed E-state index contributed by atoms with van der Waals surface area (Å²) in [6.45, 7) is 6.03. The van der Waals surface area contributed by atoms with Crippen LogP contribution in [0.15, 0.2) is 39.9 Å². The molecule has 2 aromatic rings. The summed E-state index contributed by atoms with van der Waals surface area (Å²) in [4.78, 5) is 38.9. The summed E-state index contributed by atoms with van der Waals surface area (Å²) in [5.74, 6) is 0.895. The molecular weight excluding hydrogens is 368 g/mol. The molecule has 1 atom stereocenters. The number of rotatable bonds is 5. The van der Waals surface area contributed by atoms with E-state index in [4.69, 9.17) is 0 Å². The number of hydrogen-bond acceptors (Lipinski definition) is 4. The van der Waals surface area contributed by atoms with E-state index in [-0.39, 0.29) is 23.1 Å². The lowest BCUT2D eigenvalue weighted by molar-refractivity contribution is -0.125. The van der Waals surface area contributed by atoms with Crippen molar-refractivity contribution in [1.82, 2.24) is 14.5 Å². The highest BCUT2D eigenvalue weighted by molar-refractivity contribution is 5.79. The summed E-state index contributed by atoms with van der Waals surface area (Å²) in [5, 5.41) is 3.04. The minimum absolute atomic E-state index is 0.0106. The lowest BCUT2D eigenvalue weighted by atomic mass is 9.97. The minimum Gasteiger partial charge on any atom is -0.357 e. The van der Waals surface area contributed by atoms with E-state index in [1.165, 1.54) is 23.2 Å². The summed E-state index contributed by atoms with van der Waals surface area (Å²) in [6.07, 6.45) is 1.64. The van der Waals surface area contributed by atoms with Gasteiger partial charge < -0.3 is 10.2 Å². The third-order valence-electron chi connectivity index (χ3n) is 5.73. The average Bonchev–Trinajstić information content (AvgIpc) is 2.73. The molecule has 7 nitrogen and oxygen atoms in total. The van der Waals surface area contributed by atoms with Crippen LogP contribution in [-0.2, 0) is 25.4 Å². The highest BCUT2D eigenvalue weighted by Gasteiger charge is 2.27. The van der Waals surface area contributed by atoms with Gasteiger partial charge in [-0.05, 0) is 29.9 Å². The number of benzene rings is 1. The molecule has 1 N–H and O–H groups in total. The number of hydrogen-bond donors (Lipinski definition) is 1. The fourth-order valence-electron chi connectivity index (χ4n) is 3.78. The Morgan fingerprint density at radius 3 is 2.48 bits per heavy atom. The van der Waals surface area contributed by atoms with Crippen molar-refractivity contribution < 1.29 is 4.79 Å². The highest BCUT2D eigenvalue weighted by atomic mass is 16.2. The van der Waals surface area contributed by atoms with Crippen molar-refractivity contribution in [3.63, 3.8) is 0 Å². The lowest BCUT2D eigenvalue weighted by Crippen LogP contribution is -2.46. The second-order valence-corrected chi connectivity index (χ2v) is 8.14. The molecule has 1 saturated heterocycles. The quantitative estimate of drug-likeness (QED) is 0.832. The van der Waals surface area contributed by atoms with Gasteiger partial charge in [-0.2, -0.15) is 0 Å². The van der Waals surface area contributed by atoms with E-state index in [9.17, 15) is 14.4 Å². The summed E-state index contributed by atoms with van der Waals surface area (Å²) in [6, 6.07) is 9.78. The van der Waals surface area contributed by atoms with Crippen molar-refractivity contribution in [2.45, 2.75) is 39.2 Å². The van der Waals surface area contributed by atoms with Gasteiger partial charge in [-0.15, -0.1) is 0 Å². The van der Waals surface area contributed by atoms with Crippen LogP contribution >= 0.6 is 0 Å². The predicted octanol–water partition coefficient (Wildman–Crippen LogP) is 1.74. The number of amides is 1. The molecule has 29 heavy (non-hydrogen) atoms. The molecule has 0 radical (unpaired) electrons. The van der Waals surface area contributed by atoms with Gasteiger partial charge in [-0.25, -0.2) is 4.79 Å². The summed E-state index contributed by atoms with van der Waals surface area (Å²) >= 11 is 0. The van der Waals surface area contributed by atoms with Crippen LogP contribution < -0.4 is 21.5 Å². The summed E-state index contributed by atoms with van der Waals surface area (Å²) < 4.78 is 2.56. The molecular formula is C22H30N4O3. The van der Waals surface area contributed by atoms with Gasteiger partial charge in [0.1, 0.15) is 5.82 Å². The largest absolute Gasteiger partial charge is 0.357 e. The first-order chi connectivity index (χ1) is 13.8. The number of carbonyl (C=O) groups excluding carboxylic acids is 1. The Morgan fingerprint density at radius 2 is 1.83 bits per heavy atom. The second-order valence-electron chi connectivity index (χ2n) is 8.14. The lowest BCUT2D eigenvalue weighted by Gasteiger charge is -2.34. The van der Waals surface area contributed by atoms with E-state index in [2.05, 4.69) is 43.4 Å². The standard InChI is InChI=1S/C22H30N4O3/c1-15(2)17-9-7-16(8-10-17)13-23-21(28)18-6-5-11-26(14-18)19-12-20(27)25(4)22(29)24(19)3/h7-10,12,15,18H,5-6,11,13-14H2,1-4H3,(H,23,28)/t18-/m1/s1. The van der Waals surface area contributed by atoms with Gasteiger partial charge >= 0.3 is 5.69 Å². The van der Waals surface area contributed by atoms with Crippen molar-refractivity contribution >= 4 is 11.7 Å². The Kier molecular flexibility index (Phi) is 6.25. The van der Waals surface area contributed by atoms with Crippen molar-refractivity contribution in [2.75, 3.05) is 18.0 Å². The summed E-state index contributed by atoms with van der Waals surface area (Å²) in [7, 11) is 3.12. The van der Waals surface area contributed by atoms with E-state index < -0.39 is 0 Å². The molecule has 0 bridgehead atoms. The Balaban J connectivity index is 1.65. The van der Waals surface area contributed by atoms with Crippen molar-refractivity contribution in [1.29, 1.82) is 0 Å². The molecule has 7 heteroatoms. The van der Waals surface area contributed by atoms with Crippen molar-refractivity contribution in [3.8, 4) is 0 Å². The molecule has 156 valence electrons. The summed E-state index contributed by atoms with van der Waals surface area (Å²) in [5.41, 5.74) is 1.66. The third kappa shape index (κ3) is 4.60. The molecule has 1 aliphatic heterocycles. The van der Waals surface area contributed by atoms with Gasteiger partial charge in [0.25, 0.3) is 5.56 Å². The van der Waals surface area contributed by atoms with Crippen molar-refractivity contribution in [3.05, 3.63) is 62.3 Å². The second kappa shape index (κ2) is 8.68. The number of anilines is 1. The molecule has 0 saturated carbocycles. The maximum atomic E-state index is 12.7. The fourth-order valence-corrected chi connectivity index (χ4v) is 3.78. The molecule has 1 amide bonds. The normalized spacial score (nSPS) is 16.9. The van der Waals surface area contributed by atoms with Gasteiger partial charge in [-0.3, -0.25) is 18.7 Å². The van der Waals surface area contributed by atoms with E-state index >= 15 is 0 Å². The molecule has 1 aromatic carbocycles. The minimum atomic E-state index is -0.357. The first-order valence-corrected chi connectivity index (χ1v) is 10.2. The highest BCUT2D eigenvalue weighted by Crippen LogP contribution is 2.22. The molecule has 0 unspecified atom stereocenters. The Hall–Kier alpha value is -2.83. The molecule has 1 aliphatic rings. The van der Waals surface area contributed by atoms with Crippen LogP contribution in [0.1, 0.15) is 43.7 Å². The smallest absolute Gasteiger partial charge is 0.332 e. The molecule has 0 aliphatic carbocycles. The number of nitrogens with zero attached hydrogens (tertiary/aromatic N) is 3. The third-order valence-corrected chi connectivity index (χ3v) is 5.73. The maximum absolute atomic E-state index is 12.7. The van der Waals surface area contributed by atoms with Gasteiger partial charge in [0, 0.05) is 39.8 Å². The average molecular weight is 399 g/mol. The topological polar surface area (TPSA) is 76.3 Å². The van der Waals surface area contributed by atoms with Crippen LogP contribution in [0.2, 0.25) is 0 Å². The maximum Gasteiger partial charge on any atom is 0.332 e. The molecule has 1 aromatic heterocycles. The number of carbonyl (C=O) groups is 1. The van der Waals surface area contributed by atoms with Gasteiger partial charge in [0.2, 0.25) is 5.91 Å². The van der Waals surface area contributed by atoms with E-state index in [0.29, 0.717) is 24.8 Å². The first-order valence-electron chi connectivity index (χ1n) is 10.2. The monoisotopic (exact) mass is 398 g/mol. The Bertz CT molecular complexity index is 989. The van der Waals surface area contributed by atoms with E-state index in [1.54, 1.807) is 7.05 Å². The first kappa shape index (κ1) is 20.9. The van der Waals surface area contributed by atoms with Crippen LogP contribution in [0.25, 0.3) is 0 Å². The van der Waals surface area contributed by atoms with Crippen LogP contribution in [0.3, 0.4) is 0 Å². The van der Waals surface area contributed by atoms with Gasteiger partial charge in [-0.1, -0.05) is 38.1 Å². The number of nitrogens with one attached hydrogen (secondary N) is 1. The molecule has 2 heterocycles. The Labute approximate surface area is 171 Å². The van der Waals surface area contributed by atoms with Crippen LogP contribution in [0.5, 0.6) is 0 Å². The Morgan fingerprint density at radius 1 is 1.14 bits per heavy atom. The molecule has 1 fully saturated rings. The predicted molar refractivity (Wildman–Crippen MR) is 114 cm³/mol. The fraction of sp³-hybridized carbons (Fsp3) is 0.500.